The highest BCUT2D eigenvalue weighted by Gasteiger charge is 2.32. The van der Waals surface area contributed by atoms with E-state index in [0.29, 0.717) is 22.2 Å². The first kappa shape index (κ1) is 29.0. The maximum atomic E-state index is 14.0. The summed E-state index contributed by atoms with van der Waals surface area (Å²) in [6, 6.07) is 28.1. The Morgan fingerprint density at radius 3 is 2.34 bits per heavy atom. The van der Waals surface area contributed by atoms with E-state index in [9.17, 15) is 9.59 Å². The predicted octanol–water partition coefficient (Wildman–Crippen LogP) is 7.61. The van der Waals surface area contributed by atoms with Crippen LogP contribution < -0.4 is 10.1 Å². The zero-order chi connectivity index (χ0) is 28.6. The lowest BCUT2D eigenvalue weighted by atomic mass is 9.94. The van der Waals surface area contributed by atoms with Crippen molar-refractivity contribution in [3.05, 3.63) is 112 Å². The van der Waals surface area contributed by atoms with Crippen LogP contribution in [0.1, 0.15) is 43.2 Å². The van der Waals surface area contributed by atoms with Crippen molar-refractivity contribution in [2.45, 2.75) is 57.2 Å². The van der Waals surface area contributed by atoms with Crippen molar-refractivity contribution in [2.75, 3.05) is 6.61 Å². The summed E-state index contributed by atoms with van der Waals surface area (Å²) in [5.41, 5.74) is 1.75. The summed E-state index contributed by atoms with van der Waals surface area (Å²) in [5, 5.41) is 6.04. The van der Waals surface area contributed by atoms with Gasteiger partial charge in [-0.3, -0.25) is 9.59 Å². The number of hydrogen-bond donors (Lipinski definition) is 1. The molecule has 4 aromatic rings. The molecular weight excluding hydrogens is 555 g/mol. The fourth-order valence-electron chi connectivity index (χ4n) is 5.48. The molecule has 0 aliphatic heterocycles. The third-order valence-corrected chi connectivity index (χ3v) is 8.40. The Kier molecular flexibility index (Phi) is 9.81. The number of benzene rings is 4. The Balaban J connectivity index is 1.45. The normalized spacial score (nSPS) is 14.4. The summed E-state index contributed by atoms with van der Waals surface area (Å²) < 4.78 is 6.10. The van der Waals surface area contributed by atoms with Crippen molar-refractivity contribution in [2.24, 2.45) is 0 Å². The van der Waals surface area contributed by atoms with E-state index in [2.05, 4.69) is 5.32 Å². The Hall–Kier alpha value is -3.54. The molecule has 1 aliphatic carbocycles. The Bertz CT molecular complexity index is 1480. The third kappa shape index (κ3) is 7.60. The highest BCUT2D eigenvalue weighted by molar-refractivity contribution is 6.42. The minimum absolute atomic E-state index is 0.114. The molecule has 0 saturated heterocycles. The quantitative estimate of drug-likeness (QED) is 0.207. The van der Waals surface area contributed by atoms with Crippen LogP contribution in [0.3, 0.4) is 0 Å². The minimum Gasteiger partial charge on any atom is -0.483 e. The van der Waals surface area contributed by atoms with Crippen molar-refractivity contribution in [3.63, 3.8) is 0 Å². The summed E-state index contributed by atoms with van der Waals surface area (Å²) in [6.45, 7) is -0.0263. The molecule has 212 valence electrons. The van der Waals surface area contributed by atoms with Crippen LogP contribution in [0.15, 0.2) is 91.0 Å². The van der Waals surface area contributed by atoms with Gasteiger partial charge in [0.1, 0.15) is 11.8 Å². The van der Waals surface area contributed by atoms with Gasteiger partial charge in [0.2, 0.25) is 5.91 Å². The maximum Gasteiger partial charge on any atom is 0.261 e. The first-order valence-corrected chi connectivity index (χ1v) is 14.9. The number of rotatable bonds is 10. The molecule has 1 atom stereocenters. The molecule has 1 unspecified atom stereocenters. The summed E-state index contributed by atoms with van der Waals surface area (Å²) in [4.78, 5) is 29.5. The summed E-state index contributed by atoms with van der Waals surface area (Å²) >= 11 is 12.5. The van der Waals surface area contributed by atoms with E-state index in [1.54, 1.807) is 17.0 Å². The van der Waals surface area contributed by atoms with E-state index >= 15 is 0 Å². The van der Waals surface area contributed by atoms with Gasteiger partial charge >= 0.3 is 0 Å². The topological polar surface area (TPSA) is 58.6 Å². The van der Waals surface area contributed by atoms with Crippen LogP contribution in [-0.4, -0.2) is 35.4 Å². The molecule has 5 nitrogen and oxygen atoms in total. The van der Waals surface area contributed by atoms with Crippen LogP contribution in [0.5, 0.6) is 5.75 Å². The summed E-state index contributed by atoms with van der Waals surface area (Å²) in [5.74, 6) is 0.181. The number of halogens is 2. The molecule has 0 radical (unpaired) electrons. The molecule has 1 saturated carbocycles. The van der Waals surface area contributed by atoms with Crippen LogP contribution in [-0.2, 0) is 22.6 Å². The van der Waals surface area contributed by atoms with E-state index in [1.807, 2.05) is 78.9 Å². The minimum atomic E-state index is -0.739. The SMILES string of the molecule is O=C(NC1CCCCC1)C(Cc1ccccc1)N(Cc1ccc(Cl)c(Cl)c1)C(=O)COc1cccc2ccccc12. The number of amides is 2. The first-order valence-electron chi connectivity index (χ1n) is 14.2. The Labute approximate surface area is 251 Å². The van der Waals surface area contributed by atoms with Gasteiger partial charge in [0.15, 0.2) is 6.61 Å². The Morgan fingerprint density at radius 2 is 1.56 bits per heavy atom. The Morgan fingerprint density at radius 1 is 0.829 bits per heavy atom. The molecule has 0 aromatic heterocycles. The van der Waals surface area contributed by atoms with Crippen LogP contribution in [0, 0.1) is 0 Å². The lowest BCUT2D eigenvalue weighted by molar-refractivity contribution is -0.143. The molecule has 2 amide bonds. The summed E-state index contributed by atoms with van der Waals surface area (Å²) in [6.07, 6.45) is 5.66. The molecular formula is C34H34Cl2N2O3. The molecule has 0 spiro atoms. The fourth-order valence-corrected chi connectivity index (χ4v) is 5.80. The second-order valence-electron chi connectivity index (χ2n) is 10.6. The number of nitrogens with one attached hydrogen (secondary N) is 1. The maximum absolute atomic E-state index is 14.0. The monoisotopic (exact) mass is 588 g/mol. The molecule has 41 heavy (non-hydrogen) atoms. The van der Waals surface area contributed by atoms with E-state index in [-0.39, 0.29) is 31.0 Å². The van der Waals surface area contributed by atoms with Crippen molar-refractivity contribution < 1.29 is 14.3 Å². The molecule has 1 aliphatic rings. The van der Waals surface area contributed by atoms with Gasteiger partial charge in [0.25, 0.3) is 5.91 Å². The third-order valence-electron chi connectivity index (χ3n) is 7.66. The largest absolute Gasteiger partial charge is 0.483 e. The second-order valence-corrected chi connectivity index (χ2v) is 11.4. The van der Waals surface area contributed by atoms with Crippen molar-refractivity contribution in [1.29, 1.82) is 0 Å². The molecule has 4 aromatic carbocycles. The number of nitrogens with zero attached hydrogens (tertiary/aromatic N) is 1. The average Bonchev–Trinajstić information content (AvgIpc) is 3.00. The second kappa shape index (κ2) is 13.9. The van der Waals surface area contributed by atoms with Crippen LogP contribution in [0.25, 0.3) is 10.8 Å². The van der Waals surface area contributed by atoms with Gasteiger partial charge in [-0.15, -0.1) is 0 Å². The fraction of sp³-hybridized carbons (Fsp3) is 0.294. The van der Waals surface area contributed by atoms with Crippen molar-refractivity contribution in [1.82, 2.24) is 10.2 Å². The van der Waals surface area contributed by atoms with E-state index < -0.39 is 6.04 Å². The standard InChI is InChI=1S/C34H34Cl2N2O3/c35-29-19-18-25(20-30(29)36)22-38(33(39)23-41-32-17-9-13-26-12-7-8-16-28(26)32)31(21-24-10-3-1-4-11-24)34(40)37-27-14-5-2-6-15-27/h1,3-4,7-13,16-20,27,31H,2,5-6,14-15,21-23H2,(H,37,40). The van der Waals surface area contributed by atoms with Gasteiger partial charge in [0.05, 0.1) is 10.0 Å². The van der Waals surface area contributed by atoms with Gasteiger partial charge in [-0.1, -0.05) is 115 Å². The van der Waals surface area contributed by atoms with Gasteiger partial charge in [-0.2, -0.15) is 0 Å². The van der Waals surface area contributed by atoms with Crippen molar-refractivity contribution in [3.8, 4) is 5.75 Å². The highest BCUT2D eigenvalue weighted by Crippen LogP contribution is 2.27. The zero-order valence-electron chi connectivity index (χ0n) is 22.9. The number of hydrogen-bond acceptors (Lipinski definition) is 3. The lowest BCUT2D eigenvalue weighted by Crippen LogP contribution is -2.53. The first-order chi connectivity index (χ1) is 20.0. The lowest BCUT2D eigenvalue weighted by Gasteiger charge is -2.33. The molecule has 5 rings (SSSR count). The average molecular weight is 590 g/mol. The molecule has 1 N–H and O–H groups in total. The van der Waals surface area contributed by atoms with Gasteiger partial charge < -0.3 is 15.0 Å². The zero-order valence-corrected chi connectivity index (χ0v) is 24.4. The van der Waals surface area contributed by atoms with Crippen LogP contribution >= 0.6 is 23.2 Å². The van der Waals surface area contributed by atoms with E-state index in [1.165, 1.54) is 6.42 Å². The van der Waals surface area contributed by atoms with Crippen LogP contribution in [0.2, 0.25) is 10.0 Å². The van der Waals surface area contributed by atoms with Crippen LogP contribution in [0.4, 0.5) is 0 Å². The molecule has 0 heterocycles. The number of ether oxygens (including phenoxy) is 1. The highest BCUT2D eigenvalue weighted by atomic mass is 35.5. The van der Waals surface area contributed by atoms with E-state index in [0.717, 1.165) is 47.6 Å². The molecule has 1 fully saturated rings. The van der Waals surface area contributed by atoms with Crippen molar-refractivity contribution >= 4 is 45.8 Å². The smallest absolute Gasteiger partial charge is 0.261 e. The van der Waals surface area contributed by atoms with Gasteiger partial charge in [-0.25, -0.2) is 0 Å². The molecule has 7 heteroatoms. The predicted molar refractivity (Wildman–Crippen MR) is 165 cm³/mol. The van der Waals surface area contributed by atoms with Gasteiger partial charge in [0, 0.05) is 24.4 Å². The summed E-state index contributed by atoms with van der Waals surface area (Å²) in [7, 11) is 0. The number of fused-ring (bicyclic) bond motifs is 1. The molecule has 0 bridgehead atoms. The number of carbonyl (C=O) groups excluding carboxylic acids is 2. The van der Waals surface area contributed by atoms with E-state index in [4.69, 9.17) is 27.9 Å². The van der Waals surface area contributed by atoms with Gasteiger partial charge in [-0.05, 0) is 47.6 Å². The number of carbonyl (C=O) groups is 2.